The molecule has 0 aliphatic heterocycles. The topological polar surface area (TPSA) is 45.8 Å². The minimum Gasteiger partial charge on any atom is -0.344 e. The average molecular weight is 352 g/mol. The number of aldehydes is 1. The molecule has 0 unspecified atom stereocenters. The standard InChI is InChI=1S/C24H20N2O/c1-18-25-22(17-27)23(26-18)24(19-11-5-2-6-12-19,20-13-7-3-8-14-20)21-15-9-4-10-16-21/h2-17H,1H3,(H,25,26). The molecule has 3 nitrogen and oxygen atoms in total. The summed E-state index contributed by atoms with van der Waals surface area (Å²) < 4.78 is 0. The lowest BCUT2D eigenvalue weighted by molar-refractivity contribution is 0.111. The molecule has 4 rings (SSSR count). The van der Waals surface area contributed by atoms with Gasteiger partial charge < -0.3 is 4.98 Å². The van der Waals surface area contributed by atoms with Gasteiger partial charge in [0.2, 0.25) is 0 Å². The van der Waals surface area contributed by atoms with Crippen molar-refractivity contribution in [3.63, 3.8) is 0 Å². The Hall–Kier alpha value is -3.46. The molecule has 0 spiro atoms. The maximum Gasteiger partial charge on any atom is 0.170 e. The van der Waals surface area contributed by atoms with Gasteiger partial charge in [-0.2, -0.15) is 0 Å². The molecule has 4 aromatic rings. The van der Waals surface area contributed by atoms with E-state index in [1.54, 1.807) is 0 Å². The predicted molar refractivity (Wildman–Crippen MR) is 107 cm³/mol. The van der Waals surface area contributed by atoms with Crippen molar-refractivity contribution in [1.29, 1.82) is 0 Å². The summed E-state index contributed by atoms with van der Waals surface area (Å²) in [6.07, 6.45) is 0.836. The fourth-order valence-corrected chi connectivity index (χ4v) is 3.88. The van der Waals surface area contributed by atoms with E-state index in [2.05, 4.69) is 46.4 Å². The first-order valence-corrected chi connectivity index (χ1v) is 8.95. The van der Waals surface area contributed by atoms with Gasteiger partial charge in [0.15, 0.2) is 6.29 Å². The Kier molecular flexibility index (Phi) is 4.43. The van der Waals surface area contributed by atoms with Crippen LogP contribution in [0.3, 0.4) is 0 Å². The van der Waals surface area contributed by atoms with Gasteiger partial charge in [0.25, 0.3) is 0 Å². The maximum absolute atomic E-state index is 11.9. The molecule has 27 heavy (non-hydrogen) atoms. The van der Waals surface area contributed by atoms with E-state index in [1.165, 1.54) is 0 Å². The van der Waals surface area contributed by atoms with Crippen molar-refractivity contribution in [3.05, 3.63) is 125 Å². The van der Waals surface area contributed by atoms with E-state index in [0.29, 0.717) is 5.69 Å². The SMILES string of the molecule is Cc1nc(C=O)c(C(c2ccccc2)(c2ccccc2)c2ccccc2)[nH]1. The summed E-state index contributed by atoms with van der Waals surface area (Å²) in [6, 6.07) is 30.8. The van der Waals surface area contributed by atoms with E-state index in [-0.39, 0.29) is 0 Å². The molecule has 3 aromatic carbocycles. The van der Waals surface area contributed by atoms with Crippen molar-refractivity contribution in [2.45, 2.75) is 12.3 Å². The third-order valence-electron chi connectivity index (χ3n) is 4.96. The molecule has 0 aliphatic carbocycles. The second kappa shape index (κ2) is 7.04. The van der Waals surface area contributed by atoms with Crippen molar-refractivity contribution in [2.24, 2.45) is 0 Å². The molecule has 3 heteroatoms. The third-order valence-corrected chi connectivity index (χ3v) is 4.96. The van der Waals surface area contributed by atoms with Gasteiger partial charge in [0, 0.05) is 0 Å². The molecule has 1 heterocycles. The molecule has 1 aromatic heterocycles. The first-order chi connectivity index (χ1) is 13.3. The highest BCUT2D eigenvalue weighted by atomic mass is 16.1. The van der Waals surface area contributed by atoms with Crippen molar-refractivity contribution in [1.82, 2.24) is 9.97 Å². The highest BCUT2D eigenvalue weighted by Gasteiger charge is 2.41. The van der Waals surface area contributed by atoms with Gasteiger partial charge in [-0.05, 0) is 23.6 Å². The number of imidazole rings is 1. The van der Waals surface area contributed by atoms with Crippen LogP contribution in [0, 0.1) is 6.92 Å². The Balaban J connectivity index is 2.18. The molecular weight excluding hydrogens is 332 g/mol. The van der Waals surface area contributed by atoms with Gasteiger partial charge >= 0.3 is 0 Å². The van der Waals surface area contributed by atoms with Crippen LogP contribution >= 0.6 is 0 Å². The van der Waals surface area contributed by atoms with Crippen LogP contribution in [0.4, 0.5) is 0 Å². The maximum atomic E-state index is 11.9. The van der Waals surface area contributed by atoms with Gasteiger partial charge in [-0.25, -0.2) is 4.98 Å². The summed E-state index contributed by atoms with van der Waals surface area (Å²) >= 11 is 0. The van der Waals surface area contributed by atoms with Gasteiger partial charge in [0.05, 0.1) is 11.1 Å². The minimum absolute atomic E-state index is 0.434. The predicted octanol–water partition coefficient (Wildman–Crippen LogP) is 4.91. The average Bonchev–Trinajstić information content (AvgIpc) is 3.12. The van der Waals surface area contributed by atoms with Gasteiger partial charge in [0.1, 0.15) is 11.5 Å². The molecule has 0 saturated heterocycles. The number of aryl methyl sites for hydroxylation is 1. The Morgan fingerprint density at radius 2 is 1.15 bits per heavy atom. The van der Waals surface area contributed by atoms with Gasteiger partial charge in [-0.3, -0.25) is 4.79 Å². The molecule has 0 amide bonds. The van der Waals surface area contributed by atoms with Crippen molar-refractivity contribution in [3.8, 4) is 0 Å². The molecule has 0 radical (unpaired) electrons. The lowest BCUT2D eigenvalue weighted by Gasteiger charge is -2.35. The molecule has 0 aliphatic rings. The number of benzene rings is 3. The lowest BCUT2D eigenvalue weighted by Crippen LogP contribution is -2.32. The number of rotatable bonds is 5. The zero-order chi connectivity index (χ0) is 18.7. The van der Waals surface area contributed by atoms with Crippen LogP contribution in [0.5, 0.6) is 0 Å². The van der Waals surface area contributed by atoms with E-state index in [0.717, 1.165) is 34.5 Å². The largest absolute Gasteiger partial charge is 0.344 e. The van der Waals surface area contributed by atoms with Crippen LogP contribution in [-0.4, -0.2) is 16.3 Å². The number of hydrogen-bond donors (Lipinski definition) is 1. The summed E-state index contributed by atoms with van der Waals surface area (Å²) in [5.74, 6) is 0.722. The third kappa shape index (κ3) is 2.77. The monoisotopic (exact) mass is 352 g/mol. The normalized spacial score (nSPS) is 11.3. The van der Waals surface area contributed by atoms with Crippen molar-refractivity contribution >= 4 is 6.29 Å². The number of carbonyl (C=O) groups is 1. The first-order valence-electron chi connectivity index (χ1n) is 8.95. The number of H-pyrrole nitrogens is 1. The summed E-state index contributed by atoms with van der Waals surface area (Å²) in [5, 5.41) is 0. The van der Waals surface area contributed by atoms with Crippen molar-refractivity contribution < 1.29 is 4.79 Å². The quantitative estimate of drug-likeness (QED) is 0.410. The number of hydrogen-bond acceptors (Lipinski definition) is 2. The number of carbonyl (C=O) groups excluding carboxylic acids is 1. The molecule has 0 bridgehead atoms. The minimum atomic E-state index is -0.665. The Labute approximate surface area is 158 Å². The summed E-state index contributed by atoms with van der Waals surface area (Å²) in [6.45, 7) is 1.88. The van der Waals surface area contributed by atoms with Gasteiger partial charge in [-0.1, -0.05) is 91.0 Å². The highest BCUT2D eigenvalue weighted by Crippen LogP contribution is 2.45. The van der Waals surface area contributed by atoms with E-state index >= 15 is 0 Å². The number of nitrogens with zero attached hydrogens (tertiary/aromatic N) is 1. The Morgan fingerprint density at radius 3 is 1.52 bits per heavy atom. The summed E-state index contributed by atoms with van der Waals surface area (Å²) in [7, 11) is 0. The number of aromatic nitrogens is 2. The van der Waals surface area contributed by atoms with Gasteiger partial charge in [-0.15, -0.1) is 0 Å². The molecule has 132 valence electrons. The fourth-order valence-electron chi connectivity index (χ4n) is 3.88. The second-order valence-corrected chi connectivity index (χ2v) is 6.55. The number of nitrogens with one attached hydrogen (secondary N) is 1. The molecule has 0 atom stereocenters. The van der Waals surface area contributed by atoms with Crippen LogP contribution in [0.1, 0.15) is 38.7 Å². The van der Waals surface area contributed by atoms with Crippen molar-refractivity contribution in [2.75, 3.05) is 0 Å². The zero-order valence-electron chi connectivity index (χ0n) is 15.1. The number of aromatic amines is 1. The molecular formula is C24H20N2O. The lowest BCUT2D eigenvalue weighted by atomic mass is 9.67. The summed E-state index contributed by atoms with van der Waals surface area (Å²) in [4.78, 5) is 19.7. The zero-order valence-corrected chi connectivity index (χ0v) is 15.1. The van der Waals surface area contributed by atoms with Crippen LogP contribution in [-0.2, 0) is 5.41 Å². The van der Waals surface area contributed by atoms with Crippen LogP contribution in [0.15, 0.2) is 91.0 Å². The van der Waals surface area contributed by atoms with E-state index in [9.17, 15) is 4.79 Å². The van der Waals surface area contributed by atoms with E-state index < -0.39 is 5.41 Å². The second-order valence-electron chi connectivity index (χ2n) is 6.55. The molecule has 1 N–H and O–H groups in total. The van der Waals surface area contributed by atoms with Crippen LogP contribution in [0.2, 0.25) is 0 Å². The first kappa shape index (κ1) is 17.0. The van der Waals surface area contributed by atoms with E-state index in [4.69, 9.17) is 0 Å². The fraction of sp³-hybridized carbons (Fsp3) is 0.0833. The Morgan fingerprint density at radius 1 is 0.741 bits per heavy atom. The van der Waals surface area contributed by atoms with Crippen LogP contribution < -0.4 is 0 Å². The van der Waals surface area contributed by atoms with E-state index in [1.807, 2.05) is 61.5 Å². The Bertz CT molecular complexity index is 941. The summed E-state index contributed by atoms with van der Waals surface area (Å²) in [5.41, 5.74) is 3.79. The molecule has 0 saturated carbocycles. The van der Waals surface area contributed by atoms with Crippen LogP contribution in [0.25, 0.3) is 0 Å². The molecule has 0 fully saturated rings. The highest BCUT2D eigenvalue weighted by molar-refractivity contribution is 5.77. The smallest absolute Gasteiger partial charge is 0.170 e.